The van der Waals surface area contributed by atoms with Gasteiger partial charge in [0.2, 0.25) is 0 Å². The van der Waals surface area contributed by atoms with E-state index in [1.807, 2.05) is 48.5 Å². The van der Waals surface area contributed by atoms with Gasteiger partial charge in [-0.05, 0) is 144 Å². The number of carbonyl (C=O) groups is 1. The highest BCUT2D eigenvalue weighted by atomic mass is 16.5. The van der Waals surface area contributed by atoms with Gasteiger partial charge in [-0.25, -0.2) is 0 Å². The van der Waals surface area contributed by atoms with E-state index in [0.717, 1.165) is 89.2 Å². The van der Waals surface area contributed by atoms with Crippen molar-refractivity contribution in [2.75, 3.05) is 19.0 Å². The highest BCUT2D eigenvalue weighted by Crippen LogP contribution is 2.46. The molecule has 9 nitrogen and oxygen atoms in total. The topological polar surface area (TPSA) is 138 Å². The van der Waals surface area contributed by atoms with E-state index in [9.17, 15) is 25.2 Å². The number of aryl methyl sites for hydroxylation is 2. The van der Waals surface area contributed by atoms with E-state index in [2.05, 4.69) is 61.6 Å². The molecular weight excluding hydrogens is 815 g/mol. The number of aliphatic hydroxyl groups is 3. The zero-order chi connectivity index (χ0) is 45.9. The summed E-state index contributed by atoms with van der Waals surface area (Å²) in [7, 11) is 1.61. The van der Waals surface area contributed by atoms with Crippen molar-refractivity contribution in [2.24, 2.45) is 11.8 Å². The molecule has 5 N–H and O–H groups in total. The third-order valence-corrected chi connectivity index (χ3v) is 13.3. The summed E-state index contributed by atoms with van der Waals surface area (Å²) in [6.45, 7) is 6.52. The minimum atomic E-state index is -0.539. The number of methoxy groups -OCH3 is 1. The van der Waals surface area contributed by atoms with Crippen molar-refractivity contribution in [2.45, 2.75) is 135 Å². The maximum atomic E-state index is 13.9. The number of aromatic hydroxyl groups is 1. The third kappa shape index (κ3) is 12.0. The molecule has 8 rings (SSSR count). The molecule has 344 valence electrons. The number of anilines is 1. The van der Waals surface area contributed by atoms with Gasteiger partial charge in [-0.1, -0.05) is 81.9 Å². The molecular formula is C56H67NO8. The van der Waals surface area contributed by atoms with Crippen molar-refractivity contribution in [3.63, 3.8) is 0 Å². The predicted octanol–water partition coefficient (Wildman–Crippen LogP) is 11.5. The molecule has 4 aromatic rings. The van der Waals surface area contributed by atoms with Gasteiger partial charge >= 0.3 is 0 Å². The number of unbranched alkanes of at least 4 members (excludes halogenated alkanes) is 3. The number of phenolic OH excluding ortho intramolecular Hbond substituents is 1. The number of benzene rings is 4. The minimum Gasteiger partial charge on any atom is -0.508 e. The number of Topliss-reactive ketones (excluding diaryl/α,β-unsaturated/α-hetero) is 1. The number of rotatable bonds is 16. The molecule has 0 amide bonds. The average Bonchev–Trinajstić information content (AvgIpc) is 3.29. The molecule has 4 aromatic carbocycles. The number of fused-ring (bicyclic) bond motifs is 9. The number of hydrogen-bond acceptors (Lipinski definition) is 9. The lowest BCUT2D eigenvalue weighted by molar-refractivity contribution is -0.121. The predicted molar refractivity (Wildman–Crippen MR) is 259 cm³/mol. The summed E-state index contributed by atoms with van der Waals surface area (Å²) in [4.78, 5) is 13.9. The van der Waals surface area contributed by atoms with E-state index >= 15 is 0 Å². The monoisotopic (exact) mass is 881 g/mol. The molecule has 9 heteroatoms. The normalized spacial score (nSPS) is 21.0. The van der Waals surface area contributed by atoms with Crippen LogP contribution in [0.4, 0.5) is 5.69 Å². The van der Waals surface area contributed by atoms with Gasteiger partial charge in [0.25, 0.3) is 0 Å². The molecule has 0 spiro atoms. The van der Waals surface area contributed by atoms with Gasteiger partial charge < -0.3 is 40.0 Å². The lowest BCUT2D eigenvalue weighted by Crippen LogP contribution is -2.24. The van der Waals surface area contributed by atoms with Crippen molar-refractivity contribution in [1.29, 1.82) is 0 Å². The Morgan fingerprint density at radius 2 is 1.82 bits per heavy atom. The van der Waals surface area contributed by atoms with Gasteiger partial charge in [0.05, 0.1) is 25.7 Å². The van der Waals surface area contributed by atoms with Gasteiger partial charge in [-0.15, -0.1) is 0 Å². The van der Waals surface area contributed by atoms with Crippen molar-refractivity contribution >= 4 is 28.3 Å². The van der Waals surface area contributed by atoms with Gasteiger partial charge in [0.1, 0.15) is 36.1 Å². The van der Waals surface area contributed by atoms with Gasteiger partial charge in [-0.3, -0.25) is 4.79 Å². The van der Waals surface area contributed by atoms with Gasteiger partial charge in [0.15, 0.2) is 11.5 Å². The molecule has 0 radical (unpaired) electrons. The Bertz CT molecular complexity index is 2450. The van der Waals surface area contributed by atoms with Crippen LogP contribution in [0.1, 0.15) is 136 Å². The minimum absolute atomic E-state index is 0.0526. The Kier molecular flexibility index (Phi) is 16.3. The van der Waals surface area contributed by atoms with Crippen LogP contribution in [0.25, 0.3) is 16.8 Å². The van der Waals surface area contributed by atoms with E-state index in [0.29, 0.717) is 49.3 Å². The molecule has 2 aliphatic heterocycles. The fourth-order valence-electron chi connectivity index (χ4n) is 9.79. The molecule has 0 saturated carbocycles. The summed E-state index contributed by atoms with van der Waals surface area (Å²) in [5.41, 5.74) is 7.44. The number of hydrogen-bond donors (Lipinski definition) is 5. The zero-order valence-electron chi connectivity index (χ0n) is 38.6. The quantitative estimate of drug-likeness (QED) is 0.0550. The van der Waals surface area contributed by atoms with Crippen LogP contribution in [0.5, 0.6) is 17.2 Å². The number of ether oxygens (including phenoxy) is 3. The van der Waals surface area contributed by atoms with Crippen molar-refractivity contribution < 1.29 is 39.4 Å². The van der Waals surface area contributed by atoms with E-state index in [-0.39, 0.29) is 60.6 Å². The van der Waals surface area contributed by atoms with Crippen LogP contribution in [0, 0.1) is 23.9 Å². The van der Waals surface area contributed by atoms with Crippen LogP contribution >= 0.6 is 0 Å². The molecule has 2 heterocycles. The number of allylic oxidation sites excluding steroid dienone is 4. The van der Waals surface area contributed by atoms with E-state index < -0.39 is 12.2 Å². The first-order valence-electron chi connectivity index (χ1n) is 23.8. The molecule has 65 heavy (non-hydrogen) atoms. The van der Waals surface area contributed by atoms with E-state index in [1.54, 1.807) is 20.1 Å². The fourth-order valence-corrected chi connectivity index (χ4v) is 9.79. The Hall–Kier alpha value is -5.69. The number of phenols is 1. The Morgan fingerprint density at radius 1 is 0.969 bits per heavy atom. The van der Waals surface area contributed by atoms with Crippen LogP contribution in [0.3, 0.4) is 0 Å². The Morgan fingerprint density at radius 3 is 2.62 bits per heavy atom. The zero-order valence-corrected chi connectivity index (χ0v) is 38.6. The second kappa shape index (κ2) is 22.5. The van der Waals surface area contributed by atoms with Crippen LogP contribution < -0.4 is 14.8 Å². The highest BCUT2D eigenvalue weighted by Gasteiger charge is 2.29. The maximum Gasteiger partial charge on any atom is 0.161 e. The summed E-state index contributed by atoms with van der Waals surface area (Å²) in [5, 5.41) is 48.5. The largest absolute Gasteiger partial charge is 0.508 e. The summed E-state index contributed by atoms with van der Waals surface area (Å²) in [6.07, 6.45) is 21.0. The lowest BCUT2D eigenvalue weighted by Gasteiger charge is -2.28. The molecule has 4 aliphatic rings. The molecule has 0 aromatic heterocycles. The SMILES string of the molecule is CCCCCC1C#COC(CC2C=C(O)C=CC2CCCCc2cccc(NCC(C)O)c2)CC(=O)CCc2ccc(OC)c(c2)OCc2c(CO)cc3c1c(O)cc1c3c2C=CC1C. The number of aliphatic hydroxyl groups excluding tert-OH is 3. The van der Waals surface area contributed by atoms with E-state index in [4.69, 9.17) is 14.2 Å². The molecule has 6 bridgehead atoms. The summed E-state index contributed by atoms with van der Waals surface area (Å²) >= 11 is 0. The number of carbonyl (C=O) groups excluding carboxylic acids is 1. The smallest absolute Gasteiger partial charge is 0.161 e. The average molecular weight is 882 g/mol. The van der Waals surface area contributed by atoms with Crippen molar-refractivity contribution in [1.82, 2.24) is 0 Å². The first-order chi connectivity index (χ1) is 31.5. The highest BCUT2D eigenvalue weighted by molar-refractivity contribution is 6.01. The van der Waals surface area contributed by atoms with Crippen LogP contribution in [-0.2, 0) is 35.6 Å². The van der Waals surface area contributed by atoms with Gasteiger partial charge in [-0.2, -0.15) is 0 Å². The lowest BCUT2D eigenvalue weighted by atomic mass is 9.79. The number of ketones is 1. The Labute approximate surface area is 385 Å². The summed E-state index contributed by atoms with van der Waals surface area (Å²) < 4.78 is 18.8. The maximum absolute atomic E-state index is 13.9. The summed E-state index contributed by atoms with van der Waals surface area (Å²) in [5.74, 6) is 4.75. The standard InChI is InChI=1S/C56H67NO8/c1-5-6-7-14-41-24-25-64-47(29-42-28-45(60)21-19-40(42)13-9-8-11-38-12-10-15-44(26-38)57-33-37(3)59)31-46(61)20-17-39-18-23-53(63-4)54(27-39)65-35-51-43(34-58)30-50-55(41)52(62)32-49-36(2)16-22-48(51)56(49)50/h10,12,15-16,18-19,21-23,26-28,30,32,36-37,40-42,47,57-60,62H,5-9,11,13-14,17,20,29,31,33-35H2,1-4H3. The molecule has 0 saturated heterocycles. The van der Waals surface area contributed by atoms with Crippen molar-refractivity contribution in [3.05, 3.63) is 124 Å². The second-order valence-corrected chi connectivity index (χ2v) is 18.3. The second-order valence-electron chi connectivity index (χ2n) is 18.3. The molecule has 0 fully saturated rings. The van der Waals surface area contributed by atoms with Crippen molar-refractivity contribution in [3.8, 4) is 29.3 Å². The summed E-state index contributed by atoms with van der Waals surface area (Å²) in [6, 6.07) is 18.0. The molecule has 6 unspecified atom stereocenters. The Balaban J connectivity index is 1.20. The van der Waals surface area contributed by atoms with E-state index in [1.165, 1.54) is 5.56 Å². The fraction of sp³-hybridized carbons (Fsp3) is 0.446. The first-order valence-corrected chi connectivity index (χ1v) is 23.8. The molecule has 6 atom stereocenters. The van der Waals surface area contributed by atoms with Crippen LogP contribution in [0.2, 0.25) is 0 Å². The van der Waals surface area contributed by atoms with Crippen LogP contribution in [-0.4, -0.2) is 52.1 Å². The first kappa shape index (κ1) is 47.3. The van der Waals surface area contributed by atoms with Gasteiger partial charge in [0, 0.05) is 42.1 Å². The van der Waals surface area contributed by atoms with Crippen LogP contribution in [0.15, 0.2) is 84.7 Å². The third-order valence-electron chi connectivity index (χ3n) is 13.3. The number of nitrogens with one attached hydrogen (secondary N) is 1. The molecule has 2 aliphatic carbocycles.